The van der Waals surface area contributed by atoms with Crippen LogP contribution in [0.25, 0.3) is 0 Å². The molecule has 4 heteroatoms. The first kappa shape index (κ1) is 11.4. The summed E-state index contributed by atoms with van der Waals surface area (Å²) in [7, 11) is 0. The van der Waals surface area contributed by atoms with E-state index in [0.29, 0.717) is 13.0 Å². The lowest BCUT2D eigenvalue weighted by molar-refractivity contribution is -0.164. The minimum Gasteiger partial charge on any atom is -0.479 e. The van der Waals surface area contributed by atoms with Crippen molar-refractivity contribution in [3.63, 3.8) is 0 Å². The van der Waals surface area contributed by atoms with Gasteiger partial charge in [-0.15, -0.1) is 0 Å². The molecule has 0 aliphatic heterocycles. The van der Waals surface area contributed by atoms with Crippen molar-refractivity contribution in [2.24, 2.45) is 11.7 Å². The van der Waals surface area contributed by atoms with Gasteiger partial charge in [0.2, 0.25) is 0 Å². The van der Waals surface area contributed by atoms with Crippen LogP contribution in [0.4, 0.5) is 0 Å². The van der Waals surface area contributed by atoms with Gasteiger partial charge in [-0.05, 0) is 25.3 Å². The average Bonchev–Trinajstić information content (AvgIpc) is 2.03. The van der Waals surface area contributed by atoms with Gasteiger partial charge in [0.25, 0.3) is 0 Å². The monoisotopic (exact) mass is 175 g/mol. The fourth-order valence-electron chi connectivity index (χ4n) is 1.20. The van der Waals surface area contributed by atoms with E-state index in [9.17, 15) is 9.90 Å². The summed E-state index contributed by atoms with van der Waals surface area (Å²) in [6.45, 7) is 3.75. The summed E-state index contributed by atoms with van der Waals surface area (Å²) in [5.74, 6) is -1.46. The Labute approximate surface area is 72.4 Å². The minimum atomic E-state index is -1.61. The van der Waals surface area contributed by atoms with Crippen molar-refractivity contribution < 1.29 is 15.0 Å². The van der Waals surface area contributed by atoms with Crippen LogP contribution < -0.4 is 5.73 Å². The van der Waals surface area contributed by atoms with Gasteiger partial charge in [-0.1, -0.05) is 13.8 Å². The molecule has 2 unspecified atom stereocenters. The van der Waals surface area contributed by atoms with Crippen molar-refractivity contribution >= 4 is 5.97 Å². The van der Waals surface area contributed by atoms with Crippen LogP contribution in [0, 0.1) is 5.92 Å². The topological polar surface area (TPSA) is 83.5 Å². The molecule has 12 heavy (non-hydrogen) atoms. The van der Waals surface area contributed by atoms with Gasteiger partial charge in [-0.25, -0.2) is 4.79 Å². The minimum absolute atomic E-state index is 0.212. The van der Waals surface area contributed by atoms with Gasteiger partial charge in [0.1, 0.15) is 0 Å². The summed E-state index contributed by atoms with van der Waals surface area (Å²) in [6.07, 6.45) is 0.736. The van der Waals surface area contributed by atoms with E-state index in [1.807, 2.05) is 0 Å². The molecule has 0 spiro atoms. The van der Waals surface area contributed by atoms with Gasteiger partial charge >= 0.3 is 5.97 Å². The highest BCUT2D eigenvalue weighted by molar-refractivity contribution is 5.77. The number of nitrogens with two attached hydrogens (primary N) is 1. The second-order valence-corrected chi connectivity index (χ2v) is 3.06. The lowest BCUT2D eigenvalue weighted by Gasteiger charge is -2.28. The molecule has 0 aromatic heterocycles. The van der Waals surface area contributed by atoms with Gasteiger partial charge in [0.15, 0.2) is 5.60 Å². The quantitative estimate of drug-likeness (QED) is 0.557. The third-order valence-electron chi connectivity index (χ3n) is 2.32. The van der Waals surface area contributed by atoms with E-state index in [0.717, 1.165) is 0 Å². The lowest BCUT2D eigenvalue weighted by Crippen LogP contribution is -2.44. The van der Waals surface area contributed by atoms with Gasteiger partial charge in [0, 0.05) is 0 Å². The number of aliphatic hydroxyl groups is 1. The van der Waals surface area contributed by atoms with Crippen LogP contribution in [0.2, 0.25) is 0 Å². The van der Waals surface area contributed by atoms with Crippen LogP contribution in [0.15, 0.2) is 0 Å². The van der Waals surface area contributed by atoms with E-state index < -0.39 is 11.6 Å². The zero-order chi connectivity index (χ0) is 9.78. The van der Waals surface area contributed by atoms with Crippen molar-refractivity contribution in [2.45, 2.75) is 32.3 Å². The molecular weight excluding hydrogens is 158 g/mol. The fourth-order valence-corrected chi connectivity index (χ4v) is 1.20. The maximum Gasteiger partial charge on any atom is 0.335 e. The average molecular weight is 175 g/mol. The maximum atomic E-state index is 10.7. The first-order chi connectivity index (χ1) is 5.49. The summed E-state index contributed by atoms with van der Waals surface area (Å²) >= 11 is 0. The summed E-state index contributed by atoms with van der Waals surface area (Å²) in [4.78, 5) is 10.7. The van der Waals surface area contributed by atoms with Gasteiger partial charge < -0.3 is 15.9 Å². The Morgan fingerprint density at radius 2 is 2.17 bits per heavy atom. The largest absolute Gasteiger partial charge is 0.479 e. The van der Waals surface area contributed by atoms with E-state index in [1.54, 1.807) is 13.8 Å². The number of carboxylic acid groups (broad SMARTS) is 1. The molecule has 0 fully saturated rings. The van der Waals surface area contributed by atoms with Crippen LogP contribution >= 0.6 is 0 Å². The Balaban J connectivity index is 4.39. The van der Waals surface area contributed by atoms with Gasteiger partial charge in [0.05, 0.1) is 0 Å². The highest BCUT2D eigenvalue weighted by Gasteiger charge is 2.39. The summed E-state index contributed by atoms with van der Waals surface area (Å²) in [5, 5.41) is 18.4. The molecule has 0 aliphatic carbocycles. The molecule has 0 saturated carbocycles. The molecule has 0 heterocycles. The molecule has 0 aliphatic rings. The first-order valence-electron chi connectivity index (χ1n) is 4.14. The van der Waals surface area contributed by atoms with Crippen LogP contribution in [0.5, 0.6) is 0 Å². The van der Waals surface area contributed by atoms with Crippen LogP contribution in [-0.2, 0) is 4.79 Å². The predicted octanol–water partition coefficient (Wildman–Crippen LogP) is 0.197. The molecule has 72 valence electrons. The van der Waals surface area contributed by atoms with Crippen molar-refractivity contribution in [1.29, 1.82) is 0 Å². The van der Waals surface area contributed by atoms with Crippen LogP contribution in [-0.4, -0.2) is 28.3 Å². The molecule has 0 radical (unpaired) electrons. The van der Waals surface area contributed by atoms with Crippen molar-refractivity contribution in [2.75, 3.05) is 6.54 Å². The summed E-state index contributed by atoms with van der Waals surface area (Å²) in [6, 6.07) is 0. The molecule has 0 rings (SSSR count). The fraction of sp³-hybridized carbons (Fsp3) is 0.875. The molecular formula is C8H17NO3. The highest BCUT2D eigenvalue weighted by atomic mass is 16.4. The van der Waals surface area contributed by atoms with Gasteiger partial charge in [-0.3, -0.25) is 0 Å². The molecule has 2 atom stereocenters. The smallest absolute Gasteiger partial charge is 0.335 e. The third-order valence-corrected chi connectivity index (χ3v) is 2.32. The Bertz CT molecular complexity index is 160. The Morgan fingerprint density at radius 1 is 1.67 bits per heavy atom. The number of aliphatic carboxylic acids is 1. The molecule has 4 N–H and O–H groups in total. The zero-order valence-corrected chi connectivity index (χ0v) is 7.58. The van der Waals surface area contributed by atoms with E-state index in [2.05, 4.69) is 0 Å². The predicted molar refractivity (Wildman–Crippen MR) is 45.7 cm³/mol. The lowest BCUT2D eigenvalue weighted by atomic mass is 9.84. The molecule has 0 bridgehead atoms. The van der Waals surface area contributed by atoms with E-state index in [-0.39, 0.29) is 12.3 Å². The van der Waals surface area contributed by atoms with Crippen molar-refractivity contribution in [3.05, 3.63) is 0 Å². The summed E-state index contributed by atoms with van der Waals surface area (Å²) < 4.78 is 0. The van der Waals surface area contributed by atoms with Crippen molar-refractivity contribution in [1.82, 2.24) is 0 Å². The second kappa shape index (κ2) is 4.42. The second-order valence-electron chi connectivity index (χ2n) is 3.06. The first-order valence-corrected chi connectivity index (χ1v) is 4.14. The normalized spacial score (nSPS) is 18.3. The van der Waals surface area contributed by atoms with Crippen molar-refractivity contribution in [3.8, 4) is 0 Å². The van der Waals surface area contributed by atoms with E-state index in [1.165, 1.54) is 0 Å². The number of hydrogen-bond donors (Lipinski definition) is 3. The number of hydrogen-bond acceptors (Lipinski definition) is 3. The maximum absolute atomic E-state index is 10.7. The number of carboxylic acids is 1. The Hall–Kier alpha value is -0.610. The Morgan fingerprint density at radius 3 is 2.42 bits per heavy atom. The standard InChI is InChI=1S/C8H17NO3/c1-3-8(12,7(10)11)6(2)4-5-9/h6,12H,3-5,9H2,1-2H3,(H,10,11). The molecule has 4 nitrogen and oxygen atoms in total. The molecule has 0 aromatic rings. The summed E-state index contributed by atoms with van der Waals surface area (Å²) in [5.41, 5.74) is 3.67. The zero-order valence-electron chi connectivity index (χ0n) is 7.58. The number of carbonyl (C=O) groups is 1. The third kappa shape index (κ3) is 2.19. The van der Waals surface area contributed by atoms with E-state index in [4.69, 9.17) is 10.8 Å². The van der Waals surface area contributed by atoms with Gasteiger partial charge in [-0.2, -0.15) is 0 Å². The molecule has 0 saturated heterocycles. The molecule has 0 aromatic carbocycles. The highest BCUT2D eigenvalue weighted by Crippen LogP contribution is 2.23. The van der Waals surface area contributed by atoms with Crippen LogP contribution in [0.1, 0.15) is 26.7 Å². The SMILES string of the molecule is CCC(O)(C(=O)O)C(C)CCN. The molecule has 0 amide bonds. The number of rotatable bonds is 5. The van der Waals surface area contributed by atoms with E-state index >= 15 is 0 Å². The van der Waals surface area contributed by atoms with Crippen LogP contribution in [0.3, 0.4) is 0 Å². The Kier molecular flexibility index (Phi) is 4.20.